The molecule has 150 valence electrons. The zero-order chi connectivity index (χ0) is 20.1. The molecule has 1 saturated carbocycles. The minimum Gasteiger partial charge on any atom is -0.357 e. The number of rotatable bonds is 5. The molecule has 0 spiro atoms. The van der Waals surface area contributed by atoms with Gasteiger partial charge in [-0.25, -0.2) is 0 Å². The maximum absolute atomic E-state index is 5.97. The van der Waals surface area contributed by atoms with Crippen LogP contribution in [0.4, 0.5) is 0 Å². The molecule has 3 rings (SSSR count). The molecule has 1 aliphatic carbocycles. The summed E-state index contributed by atoms with van der Waals surface area (Å²) >= 11 is 13.3. The first-order chi connectivity index (χ1) is 13.4. The molecule has 0 unspecified atom stereocenters. The van der Waals surface area contributed by atoms with Gasteiger partial charge < -0.3 is 9.80 Å². The normalized spacial score (nSPS) is 19.6. The predicted molar refractivity (Wildman–Crippen MR) is 127 cm³/mol. The number of nitrogens with zero attached hydrogens (tertiary/aromatic N) is 2. The summed E-state index contributed by atoms with van der Waals surface area (Å²) in [4.78, 5) is 5.65. The van der Waals surface area contributed by atoms with Crippen LogP contribution < -0.4 is 0 Å². The van der Waals surface area contributed by atoms with E-state index in [0.717, 1.165) is 20.8 Å². The van der Waals surface area contributed by atoms with E-state index in [1.54, 1.807) is 11.8 Å². The number of hydrogen-bond acceptors (Lipinski definition) is 3. The van der Waals surface area contributed by atoms with Crippen LogP contribution in [0.5, 0.6) is 0 Å². The molecule has 2 aromatic carbocycles. The quantitative estimate of drug-likeness (QED) is 0.396. The van der Waals surface area contributed by atoms with Crippen molar-refractivity contribution in [1.82, 2.24) is 9.80 Å². The van der Waals surface area contributed by atoms with E-state index in [-0.39, 0.29) is 0 Å². The van der Waals surface area contributed by atoms with E-state index < -0.39 is 0 Å². The molecule has 2 nitrogen and oxygen atoms in total. The maximum Gasteiger partial charge on any atom is 0.141 e. The zero-order valence-corrected chi connectivity index (χ0v) is 19.3. The molecule has 1 fully saturated rings. The highest BCUT2D eigenvalue weighted by atomic mass is 35.5. The lowest BCUT2D eigenvalue weighted by Crippen LogP contribution is -2.37. The Hall–Kier alpha value is -1.07. The highest BCUT2D eigenvalue weighted by molar-refractivity contribution is 8.22. The van der Waals surface area contributed by atoms with Crippen LogP contribution in [-0.4, -0.2) is 41.3 Å². The topological polar surface area (TPSA) is 6.48 Å². The highest BCUT2D eigenvalue weighted by Gasteiger charge is 2.26. The minimum absolute atomic E-state index is 0.538. The Morgan fingerprint density at radius 3 is 2.14 bits per heavy atom. The number of halogens is 1. The first-order valence-corrected chi connectivity index (χ1v) is 11.5. The van der Waals surface area contributed by atoms with Gasteiger partial charge >= 0.3 is 0 Å². The van der Waals surface area contributed by atoms with Crippen molar-refractivity contribution in [2.24, 2.45) is 0 Å². The van der Waals surface area contributed by atoms with E-state index in [1.165, 1.54) is 36.8 Å². The van der Waals surface area contributed by atoms with E-state index in [0.29, 0.717) is 12.0 Å². The van der Waals surface area contributed by atoms with Crippen LogP contribution in [0.25, 0.3) is 0 Å². The average molecular weight is 433 g/mol. The molecular weight excluding hydrogens is 404 g/mol. The Balaban J connectivity index is 1.51. The smallest absolute Gasteiger partial charge is 0.141 e. The first-order valence-electron chi connectivity index (χ1n) is 9.86. The van der Waals surface area contributed by atoms with Crippen LogP contribution in [0.3, 0.4) is 0 Å². The van der Waals surface area contributed by atoms with Gasteiger partial charge in [-0.1, -0.05) is 59.8 Å². The molecule has 1 aliphatic rings. The Morgan fingerprint density at radius 2 is 1.57 bits per heavy atom. The van der Waals surface area contributed by atoms with Gasteiger partial charge in [-0.15, -0.1) is 0 Å². The summed E-state index contributed by atoms with van der Waals surface area (Å²) in [5.74, 6) is 0.676. The van der Waals surface area contributed by atoms with Crippen LogP contribution in [0, 0.1) is 0 Å². The molecule has 0 N–H and O–H groups in total. The van der Waals surface area contributed by atoms with Crippen molar-refractivity contribution < 1.29 is 0 Å². The molecule has 0 aromatic heterocycles. The Morgan fingerprint density at radius 1 is 0.964 bits per heavy atom. The van der Waals surface area contributed by atoms with Gasteiger partial charge in [-0.05, 0) is 81.1 Å². The van der Waals surface area contributed by atoms with Crippen molar-refractivity contribution in [3.63, 3.8) is 0 Å². The van der Waals surface area contributed by atoms with Gasteiger partial charge in [0.15, 0.2) is 0 Å². The molecule has 2 aromatic rings. The van der Waals surface area contributed by atoms with Gasteiger partial charge in [-0.3, -0.25) is 0 Å². The fraction of sp³-hybridized carbons (Fsp3) is 0.435. The number of thiocarbonyl (C=S) groups is 1. The zero-order valence-electron chi connectivity index (χ0n) is 16.9. The molecule has 0 atom stereocenters. The second-order valence-electron chi connectivity index (χ2n) is 7.92. The highest BCUT2D eigenvalue weighted by Crippen LogP contribution is 2.36. The van der Waals surface area contributed by atoms with E-state index in [1.807, 2.05) is 24.3 Å². The predicted octanol–water partition coefficient (Wildman–Crippen LogP) is 6.44. The molecular formula is C23H29ClN2S2. The van der Waals surface area contributed by atoms with Crippen molar-refractivity contribution in [3.05, 3.63) is 64.7 Å². The molecule has 0 amide bonds. The van der Waals surface area contributed by atoms with Crippen molar-refractivity contribution in [1.29, 1.82) is 0 Å². The van der Waals surface area contributed by atoms with Gasteiger partial charge in [0.25, 0.3) is 0 Å². The minimum atomic E-state index is 0.538. The Bertz CT molecular complexity index is 766. The molecule has 0 aliphatic heterocycles. The van der Waals surface area contributed by atoms with Gasteiger partial charge in [0.2, 0.25) is 0 Å². The number of thioether (sulfide) groups is 1. The lowest BCUT2D eigenvalue weighted by Gasteiger charge is -2.36. The number of benzene rings is 2. The lowest BCUT2D eigenvalue weighted by molar-refractivity contribution is 0.267. The summed E-state index contributed by atoms with van der Waals surface area (Å²) in [6.45, 7) is 1.00. The van der Waals surface area contributed by atoms with Crippen molar-refractivity contribution in [2.75, 3.05) is 21.1 Å². The fourth-order valence-corrected chi connectivity index (χ4v) is 5.21. The van der Waals surface area contributed by atoms with E-state index in [4.69, 9.17) is 23.8 Å². The maximum atomic E-state index is 5.97. The molecule has 0 heterocycles. The fourth-order valence-electron chi connectivity index (χ4n) is 3.88. The molecule has 0 radical (unpaired) electrons. The Labute approximate surface area is 184 Å². The van der Waals surface area contributed by atoms with Crippen molar-refractivity contribution in [3.8, 4) is 0 Å². The monoisotopic (exact) mass is 432 g/mol. The van der Waals surface area contributed by atoms with Gasteiger partial charge in [0, 0.05) is 29.6 Å². The van der Waals surface area contributed by atoms with Crippen LogP contribution in [0.15, 0.2) is 53.4 Å². The van der Waals surface area contributed by atoms with E-state index in [9.17, 15) is 0 Å². The number of hydrogen-bond donors (Lipinski definition) is 0. The first kappa shape index (κ1) is 21.6. The van der Waals surface area contributed by atoms with E-state index >= 15 is 0 Å². The summed E-state index contributed by atoms with van der Waals surface area (Å²) < 4.78 is 0.943. The van der Waals surface area contributed by atoms with Crippen molar-refractivity contribution in [2.45, 2.75) is 49.1 Å². The van der Waals surface area contributed by atoms with E-state index in [2.05, 4.69) is 55.2 Å². The van der Waals surface area contributed by atoms with Gasteiger partial charge in [-0.2, -0.15) is 0 Å². The standard InChI is InChI=1S/C23H29ClN2S2/c1-25(2)16-17-4-6-18(7-5-17)19-8-12-21(13-9-19)26(3)23(27)28-22-14-10-20(24)11-15-22/h4-7,10-11,14-15,19,21H,8-9,12-13,16H2,1-3H3. The van der Waals surface area contributed by atoms with Crippen LogP contribution in [-0.2, 0) is 6.54 Å². The summed E-state index contributed by atoms with van der Waals surface area (Å²) in [6, 6.07) is 17.7. The SMILES string of the molecule is CN(C)Cc1ccc(C2CCC(N(C)C(=S)Sc3ccc(Cl)cc3)CC2)cc1. The third-order valence-corrected chi connectivity index (χ3v) is 7.26. The van der Waals surface area contributed by atoms with Gasteiger partial charge in [0.05, 0.1) is 0 Å². The van der Waals surface area contributed by atoms with Crippen LogP contribution in [0.2, 0.25) is 5.02 Å². The van der Waals surface area contributed by atoms with Crippen LogP contribution >= 0.6 is 35.6 Å². The summed E-state index contributed by atoms with van der Waals surface area (Å²) in [7, 11) is 6.37. The third-order valence-electron chi connectivity index (χ3n) is 5.50. The summed E-state index contributed by atoms with van der Waals surface area (Å²) in [6.07, 6.45) is 4.86. The second kappa shape index (κ2) is 10.1. The Kier molecular flexibility index (Phi) is 7.81. The lowest BCUT2D eigenvalue weighted by atomic mass is 9.81. The summed E-state index contributed by atoms with van der Waals surface area (Å²) in [5.41, 5.74) is 2.87. The third kappa shape index (κ3) is 5.96. The van der Waals surface area contributed by atoms with Crippen LogP contribution in [0.1, 0.15) is 42.7 Å². The molecule has 28 heavy (non-hydrogen) atoms. The molecule has 0 bridgehead atoms. The largest absolute Gasteiger partial charge is 0.357 e. The van der Waals surface area contributed by atoms with Gasteiger partial charge in [0.1, 0.15) is 4.32 Å². The van der Waals surface area contributed by atoms with Crippen molar-refractivity contribution >= 4 is 39.9 Å². The molecule has 5 heteroatoms. The molecule has 0 saturated heterocycles. The second-order valence-corrected chi connectivity index (χ2v) is 10.1. The summed E-state index contributed by atoms with van der Waals surface area (Å²) in [5, 5.41) is 0.761. The average Bonchev–Trinajstić information content (AvgIpc) is 2.69.